The van der Waals surface area contributed by atoms with Crippen LogP contribution in [-0.2, 0) is 16.1 Å². The number of esters is 1. The van der Waals surface area contributed by atoms with Crippen molar-refractivity contribution >= 4 is 28.2 Å². The second-order valence-corrected chi connectivity index (χ2v) is 9.20. The molecule has 8 nitrogen and oxygen atoms in total. The molecule has 0 unspecified atom stereocenters. The number of hydrogen-bond donors (Lipinski definition) is 1. The first-order valence-electron chi connectivity index (χ1n) is 9.66. The van der Waals surface area contributed by atoms with E-state index in [4.69, 9.17) is 14.0 Å². The largest absolute Gasteiger partial charge is 0.496 e. The molecule has 1 amide bonds. The van der Waals surface area contributed by atoms with Crippen molar-refractivity contribution < 1.29 is 23.6 Å². The van der Waals surface area contributed by atoms with E-state index >= 15 is 0 Å². The molecule has 0 saturated heterocycles. The summed E-state index contributed by atoms with van der Waals surface area (Å²) in [5.41, 5.74) is 1.18. The lowest BCUT2D eigenvalue weighted by atomic mass is 9.96. The van der Waals surface area contributed by atoms with Crippen LogP contribution in [-0.4, -0.2) is 29.1 Å². The number of benzene rings is 1. The molecular formula is C22H25N3O5S. The van der Waals surface area contributed by atoms with Crippen LogP contribution < -0.4 is 10.1 Å². The Labute approximate surface area is 184 Å². The van der Waals surface area contributed by atoms with Gasteiger partial charge in [-0.2, -0.15) is 4.98 Å². The minimum absolute atomic E-state index is 0.152. The molecule has 0 aliphatic carbocycles. The molecule has 0 aliphatic rings. The van der Waals surface area contributed by atoms with Gasteiger partial charge < -0.3 is 19.3 Å². The van der Waals surface area contributed by atoms with Gasteiger partial charge in [0.2, 0.25) is 11.7 Å². The van der Waals surface area contributed by atoms with Crippen LogP contribution in [0.5, 0.6) is 5.75 Å². The van der Waals surface area contributed by atoms with Crippen LogP contribution in [0.15, 0.2) is 28.8 Å². The van der Waals surface area contributed by atoms with Gasteiger partial charge in [0.25, 0.3) is 5.89 Å². The lowest BCUT2D eigenvalue weighted by Gasteiger charge is -2.17. The highest BCUT2D eigenvalue weighted by atomic mass is 32.1. The zero-order valence-electron chi connectivity index (χ0n) is 18.4. The van der Waals surface area contributed by atoms with E-state index in [1.807, 2.05) is 46.8 Å². The van der Waals surface area contributed by atoms with E-state index in [0.717, 1.165) is 10.4 Å². The Hall–Kier alpha value is -3.20. The topological polar surface area (TPSA) is 104 Å². The highest BCUT2D eigenvalue weighted by Gasteiger charge is 2.27. The Bertz CT molecular complexity index is 1110. The average molecular weight is 444 g/mol. The number of nitrogens with one attached hydrogen (secondary N) is 1. The lowest BCUT2D eigenvalue weighted by Crippen LogP contribution is -2.28. The lowest BCUT2D eigenvalue weighted by molar-refractivity contribution is -0.123. The first-order chi connectivity index (χ1) is 14.6. The summed E-state index contributed by atoms with van der Waals surface area (Å²) in [6, 6.07) is 7.27. The van der Waals surface area contributed by atoms with Crippen LogP contribution in [0.1, 0.15) is 47.5 Å². The van der Waals surface area contributed by atoms with Gasteiger partial charge in [-0.3, -0.25) is 4.79 Å². The van der Waals surface area contributed by atoms with Crippen molar-refractivity contribution in [3.05, 3.63) is 46.2 Å². The number of anilines is 1. The maximum Gasteiger partial charge on any atom is 0.341 e. The van der Waals surface area contributed by atoms with Crippen molar-refractivity contribution in [3.8, 4) is 17.1 Å². The summed E-state index contributed by atoms with van der Waals surface area (Å²) in [6.45, 7) is 8.94. The van der Waals surface area contributed by atoms with Gasteiger partial charge in [-0.05, 0) is 31.5 Å². The number of carbonyl (C=O) groups is 2. The smallest absolute Gasteiger partial charge is 0.341 e. The molecule has 31 heavy (non-hydrogen) atoms. The Morgan fingerprint density at radius 1 is 1.19 bits per heavy atom. The number of amides is 1. The quantitative estimate of drug-likeness (QED) is 0.548. The number of carbonyl (C=O) groups excluding carboxylic acids is 2. The number of thiophene rings is 1. The zero-order valence-corrected chi connectivity index (χ0v) is 19.2. The molecule has 0 atom stereocenters. The van der Waals surface area contributed by atoms with Crippen molar-refractivity contribution in [2.45, 2.75) is 41.2 Å². The minimum Gasteiger partial charge on any atom is -0.496 e. The van der Waals surface area contributed by atoms with Gasteiger partial charge >= 0.3 is 5.97 Å². The Balaban J connectivity index is 1.75. The second kappa shape index (κ2) is 8.89. The standard InChI is InChI=1S/C22H25N3O5S/c1-12-13(2)31-19(24-21(27)22(3,4)5)17(12)20(26)29-11-16-23-18(25-30-16)14-9-7-8-10-15(14)28-6/h7-10H,11H2,1-6H3,(H,24,27). The summed E-state index contributed by atoms with van der Waals surface area (Å²) < 4.78 is 15.9. The normalized spacial score (nSPS) is 11.3. The van der Waals surface area contributed by atoms with Crippen molar-refractivity contribution in [2.75, 3.05) is 12.4 Å². The van der Waals surface area contributed by atoms with Crippen LogP contribution in [0.3, 0.4) is 0 Å². The van der Waals surface area contributed by atoms with Gasteiger partial charge in [0.05, 0.1) is 18.2 Å². The predicted molar refractivity (Wildman–Crippen MR) is 117 cm³/mol. The van der Waals surface area contributed by atoms with Gasteiger partial charge in [0.15, 0.2) is 6.61 Å². The summed E-state index contributed by atoms with van der Waals surface area (Å²) >= 11 is 1.34. The molecule has 0 fully saturated rings. The number of ether oxygens (including phenoxy) is 2. The molecule has 1 aromatic carbocycles. The van der Waals surface area contributed by atoms with Gasteiger partial charge in [-0.25, -0.2) is 4.79 Å². The third-order valence-corrected chi connectivity index (χ3v) is 5.76. The number of aryl methyl sites for hydroxylation is 1. The van der Waals surface area contributed by atoms with E-state index in [1.165, 1.54) is 11.3 Å². The van der Waals surface area contributed by atoms with Crippen LogP contribution in [0.4, 0.5) is 5.00 Å². The van der Waals surface area contributed by atoms with Crippen molar-refractivity contribution in [2.24, 2.45) is 5.41 Å². The third-order valence-electron chi connectivity index (χ3n) is 4.64. The van der Waals surface area contributed by atoms with Crippen molar-refractivity contribution in [1.82, 2.24) is 10.1 Å². The van der Waals surface area contributed by atoms with E-state index in [9.17, 15) is 9.59 Å². The number of para-hydroxylation sites is 1. The highest BCUT2D eigenvalue weighted by molar-refractivity contribution is 7.16. The van der Waals surface area contributed by atoms with Crippen molar-refractivity contribution in [3.63, 3.8) is 0 Å². The molecule has 2 aromatic heterocycles. The predicted octanol–water partition coefficient (Wildman–Crippen LogP) is 4.77. The zero-order chi connectivity index (χ0) is 22.8. The van der Waals surface area contributed by atoms with Gasteiger partial charge in [0, 0.05) is 10.3 Å². The maximum absolute atomic E-state index is 12.8. The molecule has 0 radical (unpaired) electrons. The molecule has 3 aromatic rings. The summed E-state index contributed by atoms with van der Waals surface area (Å²) in [7, 11) is 1.56. The van der Waals surface area contributed by atoms with Crippen LogP contribution in [0, 0.1) is 19.3 Å². The molecule has 0 bridgehead atoms. The number of nitrogens with zero attached hydrogens (tertiary/aromatic N) is 2. The highest BCUT2D eigenvalue weighted by Crippen LogP contribution is 2.34. The molecule has 0 aliphatic heterocycles. The van der Waals surface area contributed by atoms with Crippen LogP contribution in [0.2, 0.25) is 0 Å². The summed E-state index contributed by atoms with van der Waals surface area (Å²) in [5, 5.41) is 7.25. The fourth-order valence-corrected chi connectivity index (χ4v) is 3.75. The Kier molecular flexibility index (Phi) is 6.45. The third kappa shape index (κ3) is 4.93. The number of methoxy groups -OCH3 is 1. The van der Waals surface area contributed by atoms with E-state index < -0.39 is 11.4 Å². The SMILES string of the molecule is COc1ccccc1-c1noc(COC(=O)c2c(NC(=O)C(C)(C)C)sc(C)c2C)n1. The van der Waals surface area contributed by atoms with Gasteiger partial charge in [0.1, 0.15) is 10.8 Å². The van der Waals surface area contributed by atoms with Crippen LogP contribution in [0.25, 0.3) is 11.4 Å². The van der Waals surface area contributed by atoms with Crippen molar-refractivity contribution in [1.29, 1.82) is 0 Å². The second-order valence-electron chi connectivity index (χ2n) is 7.98. The molecule has 0 saturated carbocycles. The maximum atomic E-state index is 12.8. The van der Waals surface area contributed by atoms with Crippen LogP contribution >= 0.6 is 11.3 Å². The van der Waals surface area contributed by atoms with E-state index in [1.54, 1.807) is 19.2 Å². The number of aromatic nitrogens is 2. The van der Waals surface area contributed by atoms with Gasteiger partial charge in [-0.15, -0.1) is 11.3 Å². The number of rotatable bonds is 6. The van der Waals surface area contributed by atoms with E-state index in [-0.39, 0.29) is 18.4 Å². The number of hydrogen-bond acceptors (Lipinski definition) is 8. The molecule has 2 heterocycles. The molecule has 164 valence electrons. The van der Waals surface area contributed by atoms with Gasteiger partial charge in [-0.1, -0.05) is 38.1 Å². The summed E-state index contributed by atoms with van der Waals surface area (Å²) in [6.07, 6.45) is 0. The summed E-state index contributed by atoms with van der Waals surface area (Å²) in [4.78, 5) is 30.4. The molecule has 0 spiro atoms. The molecule has 1 N–H and O–H groups in total. The summed E-state index contributed by atoms with van der Waals surface area (Å²) in [5.74, 6) is 0.350. The first-order valence-corrected chi connectivity index (χ1v) is 10.5. The molecule has 3 rings (SSSR count). The monoisotopic (exact) mass is 443 g/mol. The van der Waals surface area contributed by atoms with E-state index in [2.05, 4.69) is 15.5 Å². The fourth-order valence-electron chi connectivity index (χ4n) is 2.70. The molecule has 9 heteroatoms. The Morgan fingerprint density at radius 2 is 1.90 bits per heavy atom. The molecular weight excluding hydrogens is 418 g/mol. The Morgan fingerprint density at radius 3 is 2.58 bits per heavy atom. The van der Waals surface area contributed by atoms with E-state index in [0.29, 0.717) is 27.7 Å². The average Bonchev–Trinajstić information content (AvgIpc) is 3.30. The first kappa shape index (κ1) is 22.5. The minimum atomic E-state index is -0.592. The fraction of sp³-hybridized carbons (Fsp3) is 0.364.